The molecule has 0 spiro atoms. The van der Waals surface area contributed by atoms with Crippen molar-refractivity contribution < 1.29 is 13.9 Å². The molecule has 0 fully saturated rings. The van der Waals surface area contributed by atoms with Crippen LogP contribution in [0.15, 0.2) is 48.5 Å². The van der Waals surface area contributed by atoms with Crippen molar-refractivity contribution in [2.75, 3.05) is 18.5 Å². The van der Waals surface area contributed by atoms with Gasteiger partial charge in [-0.2, -0.15) is 5.26 Å². The predicted molar refractivity (Wildman–Crippen MR) is 80.1 cm³/mol. The summed E-state index contributed by atoms with van der Waals surface area (Å²) < 4.78 is 18.5. The van der Waals surface area contributed by atoms with E-state index in [0.717, 1.165) is 0 Å². The van der Waals surface area contributed by atoms with Crippen molar-refractivity contribution in [2.24, 2.45) is 0 Å². The zero-order valence-electron chi connectivity index (χ0n) is 11.7. The summed E-state index contributed by atoms with van der Waals surface area (Å²) in [7, 11) is 0. The Labute approximate surface area is 127 Å². The number of nitrogens with zero attached hydrogens (tertiary/aromatic N) is 1. The second-order valence-corrected chi connectivity index (χ2v) is 4.35. The lowest BCUT2D eigenvalue weighted by Crippen LogP contribution is -2.32. The number of ether oxygens (including phenoxy) is 1. The van der Waals surface area contributed by atoms with E-state index in [0.29, 0.717) is 11.3 Å². The molecule has 0 saturated carbocycles. The molecule has 6 heteroatoms. The molecule has 2 rings (SSSR count). The molecule has 0 aromatic heterocycles. The van der Waals surface area contributed by atoms with Crippen LogP contribution in [0.4, 0.5) is 14.9 Å². The summed E-state index contributed by atoms with van der Waals surface area (Å²) in [5, 5.41) is 13.9. The van der Waals surface area contributed by atoms with Crippen molar-refractivity contribution in [1.82, 2.24) is 5.32 Å². The van der Waals surface area contributed by atoms with Crippen LogP contribution in [0.25, 0.3) is 0 Å². The number of carbonyl (C=O) groups excluding carboxylic acids is 1. The second-order valence-electron chi connectivity index (χ2n) is 4.35. The minimum absolute atomic E-state index is 0.145. The van der Waals surface area contributed by atoms with E-state index in [1.165, 1.54) is 12.1 Å². The summed E-state index contributed by atoms with van der Waals surface area (Å²) in [4.78, 5) is 11.7. The Morgan fingerprint density at radius 2 is 2.05 bits per heavy atom. The standard InChI is InChI=1S/C16H14FN3O2/c17-14-6-1-2-7-15(14)22-9-8-19-16(21)20-13-5-3-4-12(10-13)11-18/h1-7,10H,8-9H2,(H2,19,20,21). The maximum atomic E-state index is 13.3. The van der Waals surface area contributed by atoms with Crippen LogP contribution in [0.1, 0.15) is 5.56 Å². The highest BCUT2D eigenvalue weighted by atomic mass is 19.1. The molecule has 0 radical (unpaired) electrons. The molecule has 0 bridgehead atoms. The first-order valence-corrected chi connectivity index (χ1v) is 6.61. The van der Waals surface area contributed by atoms with E-state index in [4.69, 9.17) is 10.00 Å². The highest BCUT2D eigenvalue weighted by molar-refractivity contribution is 5.89. The van der Waals surface area contributed by atoms with Crippen LogP contribution < -0.4 is 15.4 Å². The summed E-state index contributed by atoms with van der Waals surface area (Å²) >= 11 is 0. The molecule has 2 aromatic carbocycles. The summed E-state index contributed by atoms with van der Waals surface area (Å²) in [5.74, 6) is -0.299. The normalized spacial score (nSPS) is 9.64. The largest absolute Gasteiger partial charge is 0.489 e. The van der Waals surface area contributed by atoms with E-state index in [2.05, 4.69) is 10.6 Å². The molecule has 5 nitrogen and oxygen atoms in total. The molecule has 0 aliphatic rings. The number of hydrogen-bond acceptors (Lipinski definition) is 3. The molecule has 0 atom stereocenters. The van der Waals surface area contributed by atoms with Crippen molar-refractivity contribution in [3.8, 4) is 11.8 Å². The second kappa shape index (κ2) is 7.64. The monoisotopic (exact) mass is 299 g/mol. The van der Waals surface area contributed by atoms with Crippen molar-refractivity contribution in [3.05, 3.63) is 59.9 Å². The smallest absolute Gasteiger partial charge is 0.319 e. The minimum Gasteiger partial charge on any atom is -0.489 e. The number of nitrogens with one attached hydrogen (secondary N) is 2. The fourth-order valence-corrected chi connectivity index (χ4v) is 1.73. The van der Waals surface area contributed by atoms with Gasteiger partial charge in [-0.15, -0.1) is 0 Å². The predicted octanol–water partition coefficient (Wildman–Crippen LogP) is 2.90. The maximum absolute atomic E-state index is 13.3. The molecule has 2 N–H and O–H groups in total. The minimum atomic E-state index is -0.444. The fourth-order valence-electron chi connectivity index (χ4n) is 1.73. The molecule has 2 amide bonds. The lowest BCUT2D eigenvalue weighted by molar-refractivity contribution is 0.246. The molecule has 0 saturated heterocycles. The Hall–Kier alpha value is -3.07. The molecule has 0 aliphatic heterocycles. The van der Waals surface area contributed by atoms with Gasteiger partial charge in [0.25, 0.3) is 0 Å². The average Bonchev–Trinajstić information content (AvgIpc) is 2.53. The molecular formula is C16H14FN3O2. The van der Waals surface area contributed by atoms with Gasteiger partial charge in [-0.1, -0.05) is 18.2 Å². The third-order valence-electron chi connectivity index (χ3n) is 2.73. The number of anilines is 1. The Bertz CT molecular complexity index is 698. The maximum Gasteiger partial charge on any atom is 0.319 e. The number of rotatable bonds is 5. The van der Waals surface area contributed by atoms with Gasteiger partial charge >= 0.3 is 6.03 Å². The van der Waals surface area contributed by atoms with E-state index in [1.807, 2.05) is 6.07 Å². The fraction of sp³-hybridized carbons (Fsp3) is 0.125. The van der Waals surface area contributed by atoms with Crippen LogP contribution in [-0.2, 0) is 0 Å². The van der Waals surface area contributed by atoms with E-state index in [1.54, 1.807) is 36.4 Å². The Morgan fingerprint density at radius 3 is 2.82 bits per heavy atom. The van der Waals surface area contributed by atoms with Crippen LogP contribution in [0.3, 0.4) is 0 Å². The number of halogens is 1. The number of benzene rings is 2. The molecule has 0 unspecified atom stereocenters. The number of amides is 2. The van der Waals surface area contributed by atoms with Gasteiger partial charge in [-0.25, -0.2) is 9.18 Å². The Morgan fingerprint density at radius 1 is 1.23 bits per heavy atom. The van der Waals surface area contributed by atoms with E-state index >= 15 is 0 Å². The van der Waals surface area contributed by atoms with E-state index < -0.39 is 11.8 Å². The van der Waals surface area contributed by atoms with Gasteiger partial charge in [0, 0.05) is 5.69 Å². The molecule has 112 valence electrons. The highest BCUT2D eigenvalue weighted by Crippen LogP contribution is 2.14. The third kappa shape index (κ3) is 4.49. The third-order valence-corrected chi connectivity index (χ3v) is 2.73. The summed E-state index contributed by atoms with van der Waals surface area (Å²) in [6, 6.07) is 14.2. The van der Waals surface area contributed by atoms with Crippen molar-refractivity contribution in [1.29, 1.82) is 5.26 Å². The molecule has 22 heavy (non-hydrogen) atoms. The number of para-hydroxylation sites is 1. The number of nitriles is 1. The number of hydrogen-bond donors (Lipinski definition) is 2. The number of urea groups is 1. The number of carbonyl (C=O) groups is 1. The first-order chi connectivity index (χ1) is 10.7. The summed E-state index contributed by atoms with van der Waals surface area (Å²) in [6.07, 6.45) is 0. The van der Waals surface area contributed by atoms with E-state index in [9.17, 15) is 9.18 Å². The van der Waals surface area contributed by atoms with Crippen LogP contribution in [0.5, 0.6) is 5.75 Å². The van der Waals surface area contributed by atoms with Gasteiger partial charge < -0.3 is 15.4 Å². The zero-order chi connectivity index (χ0) is 15.8. The van der Waals surface area contributed by atoms with Gasteiger partial charge in [0.1, 0.15) is 6.61 Å². The van der Waals surface area contributed by atoms with Crippen LogP contribution in [0.2, 0.25) is 0 Å². The van der Waals surface area contributed by atoms with Crippen molar-refractivity contribution >= 4 is 11.7 Å². The van der Waals surface area contributed by atoms with E-state index in [-0.39, 0.29) is 18.9 Å². The SMILES string of the molecule is N#Cc1cccc(NC(=O)NCCOc2ccccc2F)c1. The quantitative estimate of drug-likeness (QED) is 0.834. The van der Waals surface area contributed by atoms with Crippen LogP contribution >= 0.6 is 0 Å². The Balaban J connectivity index is 1.74. The molecular weight excluding hydrogens is 285 g/mol. The van der Waals surface area contributed by atoms with Gasteiger partial charge in [-0.3, -0.25) is 0 Å². The molecule has 0 heterocycles. The lowest BCUT2D eigenvalue weighted by Gasteiger charge is -2.09. The summed E-state index contributed by atoms with van der Waals surface area (Å²) in [5.41, 5.74) is 0.979. The first kappa shape index (κ1) is 15.3. The van der Waals surface area contributed by atoms with Crippen LogP contribution in [-0.4, -0.2) is 19.2 Å². The van der Waals surface area contributed by atoms with Gasteiger partial charge in [0.2, 0.25) is 0 Å². The molecule has 2 aromatic rings. The van der Waals surface area contributed by atoms with Crippen LogP contribution in [0, 0.1) is 17.1 Å². The average molecular weight is 299 g/mol. The lowest BCUT2D eigenvalue weighted by atomic mass is 10.2. The van der Waals surface area contributed by atoms with Gasteiger partial charge in [0.15, 0.2) is 11.6 Å². The van der Waals surface area contributed by atoms with Gasteiger partial charge in [0.05, 0.1) is 18.2 Å². The topological polar surface area (TPSA) is 74.2 Å². The van der Waals surface area contributed by atoms with Gasteiger partial charge in [-0.05, 0) is 30.3 Å². The van der Waals surface area contributed by atoms with Crippen molar-refractivity contribution in [3.63, 3.8) is 0 Å². The summed E-state index contributed by atoms with van der Waals surface area (Å²) in [6.45, 7) is 0.366. The van der Waals surface area contributed by atoms with Crippen molar-refractivity contribution in [2.45, 2.75) is 0 Å². The Kier molecular flexibility index (Phi) is 5.32. The zero-order valence-corrected chi connectivity index (χ0v) is 11.7. The highest BCUT2D eigenvalue weighted by Gasteiger charge is 2.03. The first-order valence-electron chi connectivity index (χ1n) is 6.61. The molecule has 0 aliphatic carbocycles.